The van der Waals surface area contributed by atoms with E-state index in [1.165, 1.54) is 6.07 Å². The number of nitrogens with one attached hydrogen (secondary N) is 2. The maximum absolute atomic E-state index is 11.8. The summed E-state index contributed by atoms with van der Waals surface area (Å²) < 4.78 is 26.1. The average molecular weight is 356 g/mol. The molecular weight excluding hydrogens is 334 g/mol. The molecule has 4 N–H and O–H groups in total. The van der Waals surface area contributed by atoms with E-state index < -0.39 is 10.0 Å². The highest BCUT2D eigenvalue weighted by Crippen LogP contribution is 2.14. The summed E-state index contributed by atoms with van der Waals surface area (Å²) in [5.74, 6) is -0.364. The Labute approximate surface area is 136 Å². The van der Waals surface area contributed by atoms with Crippen LogP contribution in [0.2, 0.25) is 0 Å². The Balaban J connectivity index is 0.00000400. The number of carbonyl (C=O) groups excluding carboxylic acids is 1. The molecular formula is C12H22ClN3O3S2. The van der Waals surface area contributed by atoms with Crippen LogP contribution < -0.4 is 15.8 Å². The normalized spacial score (nSPS) is 12.5. The molecule has 0 fully saturated rings. The van der Waals surface area contributed by atoms with Crippen LogP contribution in [0.5, 0.6) is 0 Å². The molecule has 1 rings (SSSR count). The predicted octanol–water partition coefficient (Wildman–Crippen LogP) is 1.08. The van der Waals surface area contributed by atoms with Crippen molar-refractivity contribution in [2.45, 2.75) is 36.4 Å². The van der Waals surface area contributed by atoms with Gasteiger partial charge in [0.2, 0.25) is 5.91 Å². The lowest BCUT2D eigenvalue weighted by Gasteiger charge is -2.16. The molecule has 0 aliphatic heterocycles. The molecule has 1 unspecified atom stereocenters. The second-order valence-electron chi connectivity index (χ2n) is 4.40. The second-order valence-corrected chi connectivity index (χ2v) is 7.34. The molecule has 122 valence electrons. The molecule has 9 heteroatoms. The third-order valence-electron chi connectivity index (χ3n) is 2.74. The van der Waals surface area contributed by atoms with Crippen LogP contribution in [-0.2, 0) is 14.8 Å². The molecule has 1 atom stereocenters. The largest absolute Gasteiger partial charge is 0.351 e. The Kier molecular flexibility index (Phi) is 9.80. The van der Waals surface area contributed by atoms with E-state index in [1.54, 1.807) is 11.4 Å². The number of rotatable bonds is 9. The highest BCUT2D eigenvalue weighted by molar-refractivity contribution is 7.91. The van der Waals surface area contributed by atoms with E-state index in [2.05, 4.69) is 17.0 Å². The second kappa shape index (κ2) is 10.1. The number of unbranched alkanes of at least 4 members (excludes halogenated alkanes) is 1. The molecule has 1 heterocycles. The van der Waals surface area contributed by atoms with Crippen LogP contribution in [0.15, 0.2) is 21.7 Å². The van der Waals surface area contributed by atoms with Gasteiger partial charge in [0.1, 0.15) is 4.21 Å². The van der Waals surface area contributed by atoms with Gasteiger partial charge in [0.25, 0.3) is 10.0 Å². The molecule has 1 aromatic rings. The maximum atomic E-state index is 11.8. The number of amides is 1. The van der Waals surface area contributed by atoms with Gasteiger partial charge in [0, 0.05) is 12.6 Å². The zero-order valence-corrected chi connectivity index (χ0v) is 14.3. The average Bonchev–Trinajstić information content (AvgIpc) is 2.96. The number of nitrogens with two attached hydrogens (primary N) is 1. The van der Waals surface area contributed by atoms with Crippen molar-refractivity contribution in [3.63, 3.8) is 0 Å². The van der Waals surface area contributed by atoms with E-state index in [1.807, 2.05) is 0 Å². The first kappa shape index (κ1) is 20.3. The smallest absolute Gasteiger partial charge is 0.250 e. The van der Waals surface area contributed by atoms with Gasteiger partial charge in [-0.2, -0.15) is 0 Å². The van der Waals surface area contributed by atoms with Crippen LogP contribution in [0.25, 0.3) is 0 Å². The van der Waals surface area contributed by atoms with E-state index in [9.17, 15) is 13.2 Å². The first-order chi connectivity index (χ1) is 9.49. The van der Waals surface area contributed by atoms with Crippen molar-refractivity contribution in [3.8, 4) is 0 Å². The van der Waals surface area contributed by atoms with Gasteiger partial charge in [0.05, 0.1) is 6.54 Å². The molecule has 0 aliphatic rings. The number of thiophene rings is 1. The molecule has 0 aliphatic carbocycles. The zero-order valence-electron chi connectivity index (χ0n) is 11.9. The molecule has 0 bridgehead atoms. The van der Waals surface area contributed by atoms with Crippen LogP contribution in [0.4, 0.5) is 0 Å². The van der Waals surface area contributed by atoms with Crippen LogP contribution in [0.3, 0.4) is 0 Å². The van der Waals surface area contributed by atoms with Crippen molar-refractivity contribution in [1.29, 1.82) is 0 Å². The minimum Gasteiger partial charge on any atom is -0.351 e. The van der Waals surface area contributed by atoms with E-state index in [0.717, 1.165) is 30.6 Å². The quantitative estimate of drug-likeness (QED) is 0.617. The highest BCUT2D eigenvalue weighted by atomic mass is 35.5. The molecule has 6 nitrogen and oxygen atoms in total. The summed E-state index contributed by atoms with van der Waals surface area (Å²) in [7, 11) is -3.60. The van der Waals surface area contributed by atoms with Crippen molar-refractivity contribution < 1.29 is 13.2 Å². The SMILES string of the molecule is CCCCC(CN)NC(=O)CNS(=O)(=O)c1cccs1.Cl. The van der Waals surface area contributed by atoms with Gasteiger partial charge in [-0.05, 0) is 17.9 Å². The van der Waals surface area contributed by atoms with Gasteiger partial charge in [-0.15, -0.1) is 23.7 Å². The fourth-order valence-electron chi connectivity index (χ4n) is 1.63. The molecule has 0 aromatic carbocycles. The highest BCUT2D eigenvalue weighted by Gasteiger charge is 2.17. The fourth-order valence-corrected chi connectivity index (χ4v) is 3.65. The van der Waals surface area contributed by atoms with E-state index in [4.69, 9.17) is 5.73 Å². The third kappa shape index (κ3) is 7.23. The molecule has 0 saturated heterocycles. The number of halogens is 1. The lowest BCUT2D eigenvalue weighted by Crippen LogP contribution is -2.44. The molecule has 1 amide bonds. The number of hydrogen-bond acceptors (Lipinski definition) is 5. The van der Waals surface area contributed by atoms with Crippen LogP contribution in [0, 0.1) is 0 Å². The van der Waals surface area contributed by atoms with Gasteiger partial charge < -0.3 is 11.1 Å². The molecule has 0 spiro atoms. The van der Waals surface area contributed by atoms with Crippen molar-refractivity contribution >= 4 is 39.7 Å². The molecule has 21 heavy (non-hydrogen) atoms. The Hall–Kier alpha value is -0.670. The van der Waals surface area contributed by atoms with Gasteiger partial charge in [0.15, 0.2) is 0 Å². The Morgan fingerprint density at radius 1 is 1.48 bits per heavy atom. The van der Waals surface area contributed by atoms with Crippen LogP contribution in [-0.4, -0.2) is 33.5 Å². The van der Waals surface area contributed by atoms with E-state index in [-0.39, 0.29) is 35.1 Å². The number of carbonyl (C=O) groups is 1. The van der Waals surface area contributed by atoms with Crippen molar-refractivity contribution in [1.82, 2.24) is 10.0 Å². The van der Waals surface area contributed by atoms with E-state index >= 15 is 0 Å². The topological polar surface area (TPSA) is 101 Å². The maximum Gasteiger partial charge on any atom is 0.250 e. The summed E-state index contributed by atoms with van der Waals surface area (Å²) >= 11 is 1.11. The summed E-state index contributed by atoms with van der Waals surface area (Å²) in [6.07, 6.45) is 2.80. The summed E-state index contributed by atoms with van der Waals surface area (Å²) in [6, 6.07) is 3.04. The van der Waals surface area contributed by atoms with Crippen molar-refractivity contribution in [2.75, 3.05) is 13.1 Å². The monoisotopic (exact) mass is 355 g/mol. The number of hydrogen-bond donors (Lipinski definition) is 3. The van der Waals surface area contributed by atoms with E-state index in [0.29, 0.717) is 6.54 Å². The van der Waals surface area contributed by atoms with Crippen molar-refractivity contribution in [3.05, 3.63) is 17.5 Å². The van der Waals surface area contributed by atoms with Crippen LogP contribution in [0.1, 0.15) is 26.2 Å². The first-order valence-corrected chi connectivity index (χ1v) is 8.88. The standard InChI is InChI=1S/C12H21N3O3S2.ClH/c1-2-3-5-10(8-13)15-11(16)9-14-20(17,18)12-6-4-7-19-12;/h4,6-7,10,14H,2-3,5,8-9,13H2,1H3,(H,15,16);1H. The summed E-state index contributed by atoms with van der Waals surface area (Å²) in [4.78, 5) is 11.7. The Bertz CT molecular complexity index is 506. The molecule has 1 aromatic heterocycles. The third-order valence-corrected chi connectivity index (χ3v) is 5.54. The lowest BCUT2D eigenvalue weighted by molar-refractivity contribution is -0.120. The number of sulfonamides is 1. The summed E-state index contributed by atoms with van der Waals surface area (Å²) in [5, 5.41) is 4.40. The van der Waals surface area contributed by atoms with Gasteiger partial charge in [-0.1, -0.05) is 25.8 Å². The van der Waals surface area contributed by atoms with Gasteiger partial charge >= 0.3 is 0 Å². The Morgan fingerprint density at radius 2 is 2.19 bits per heavy atom. The molecule has 0 radical (unpaired) electrons. The first-order valence-electron chi connectivity index (χ1n) is 6.52. The fraction of sp³-hybridized carbons (Fsp3) is 0.583. The van der Waals surface area contributed by atoms with Gasteiger partial charge in [-0.25, -0.2) is 13.1 Å². The van der Waals surface area contributed by atoms with Gasteiger partial charge in [-0.3, -0.25) is 4.79 Å². The minimum absolute atomic E-state index is 0. The Morgan fingerprint density at radius 3 is 2.71 bits per heavy atom. The minimum atomic E-state index is -3.60. The summed E-state index contributed by atoms with van der Waals surface area (Å²) in [5.41, 5.74) is 5.57. The van der Waals surface area contributed by atoms with Crippen molar-refractivity contribution in [2.24, 2.45) is 5.73 Å². The predicted molar refractivity (Wildman–Crippen MR) is 87.3 cm³/mol. The lowest BCUT2D eigenvalue weighted by atomic mass is 10.1. The summed E-state index contributed by atoms with van der Waals surface area (Å²) in [6.45, 7) is 2.14. The zero-order chi connectivity index (χ0) is 15.0. The van der Waals surface area contributed by atoms with Crippen LogP contribution >= 0.6 is 23.7 Å². The molecule has 0 saturated carbocycles.